The maximum atomic E-state index is 12.3. The summed E-state index contributed by atoms with van der Waals surface area (Å²) in [5.74, 6) is -0.938. The molecule has 1 aromatic carbocycles. The minimum absolute atomic E-state index is 0.107. The number of ether oxygens (including phenoxy) is 1. The normalized spacial score (nSPS) is 12.0. The molecule has 0 saturated heterocycles. The van der Waals surface area contributed by atoms with E-state index in [4.69, 9.17) is 9.15 Å². The van der Waals surface area contributed by atoms with Crippen LogP contribution in [0.2, 0.25) is 0 Å². The smallest absolute Gasteiger partial charge is 0.336 e. The summed E-state index contributed by atoms with van der Waals surface area (Å²) in [5, 5.41) is 12.4. The van der Waals surface area contributed by atoms with Crippen LogP contribution in [0, 0.1) is 6.92 Å². The summed E-state index contributed by atoms with van der Waals surface area (Å²) in [4.78, 5) is 35.5. The number of aryl methyl sites for hydroxylation is 1. The second-order valence-electron chi connectivity index (χ2n) is 6.14. The number of unbranched alkanes of at least 4 members (excludes halogenated alkanes) is 1. The van der Waals surface area contributed by atoms with Crippen molar-refractivity contribution in [3.05, 3.63) is 39.7 Å². The van der Waals surface area contributed by atoms with E-state index in [0.29, 0.717) is 40.7 Å². The van der Waals surface area contributed by atoms with E-state index in [9.17, 15) is 19.5 Å². The number of nitrogens with one attached hydrogen (secondary N) is 1. The Morgan fingerprint density at radius 3 is 2.69 bits per heavy atom. The van der Waals surface area contributed by atoms with Crippen LogP contribution < -0.4 is 15.7 Å². The summed E-state index contributed by atoms with van der Waals surface area (Å²) in [6, 6.07) is 3.78. The van der Waals surface area contributed by atoms with Crippen molar-refractivity contribution < 1.29 is 23.8 Å². The van der Waals surface area contributed by atoms with E-state index in [-0.39, 0.29) is 6.42 Å². The lowest BCUT2D eigenvalue weighted by molar-refractivity contribution is -0.141. The number of carboxylic acid groups (broad SMARTS) is 1. The first kappa shape index (κ1) is 19.5. The Hall–Kier alpha value is -2.83. The van der Waals surface area contributed by atoms with Crippen LogP contribution in [0.5, 0.6) is 5.75 Å². The van der Waals surface area contributed by atoms with Gasteiger partial charge in [0.1, 0.15) is 17.4 Å². The molecular formula is C19H23NO6. The van der Waals surface area contributed by atoms with Gasteiger partial charge in [-0.1, -0.05) is 19.8 Å². The molecule has 0 unspecified atom stereocenters. The Balaban J connectivity index is 2.30. The highest BCUT2D eigenvalue weighted by Crippen LogP contribution is 2.28. The summed E-state index contributed by atoms with van der Waals surface area (Å²) in [6.07, 6.45) is 1.80. The van der Waals surface area contributed by atoms with E-state index in [0.717, 1.165) is 6.42 Å². The molecule has 1 aromatic heterocycles. The molecule has 0 aliphatic carbocycles. The molecule has 2 aromatic rings. The molecule has 140 valence electrons. The molecule has 0 fully saturated rings. The number of hydrogen-bond acceptors (Lipinski definition) is 5. The van der Waals surface area contributed by atoms with Crippen molar-refractivity contribution in [2.45, 2.75) is 45.6 Å². The van der Waals surface area contributed by atoms with Gasteiger partial charge >= 0.3 is 11.6 Å². The van der Waals surface area contributed by atoms with Gasteiger partial charge in [0.05, 0.1) is 13.5 Å². The molecule has 2 N–H and O–H groups in total. The van der Waals surface area contributed by atoms with Crippen molar-refractivity contribution in [3.8, 4) is 5.75 Å². The van der Waals surface area contributed by atoms with Crippen molar-refractivity contribution in [3.63, 3.8) is 0 Å². The Morgan fingerprint density at radius 2 is 2.08 bits per heavy atom. The van der Waals surface area contributed by atoms with Crippen LogP contribution in [0.3, 0.4) is 0 Å². The van der Waals surface area contributed by atoms with Crippen molar-refractivity contribution in [2.75, 3.05) is 7.11 Å². The summed E-state index contributed by atoms with van der Waals surface area (Å²) >= 11 is 0. The zero-order valence-electron chi connectivity index (χ0n) is 15.1. The van der Waals surface area contributed by atoms with Crippen molar-refractivity contribution in [1.29, 1.82) is 0 Å². The maximum Gasteiger partial charge on any atom is 0.336 e. The third kappa shape index (κ3) is 4.41. The fraction of sp³-hybridized carbons (Fsp3) is 0.421. The van der Waals surface area contributed by atoms with Crippen molar-refractivity contribution in [1.82, 2.24) is 5.32 Å². The van der Waals surface area contributed by atoms with Gasteiger partial charge in [-0.05, 0) is 31.0 Å². The van der Waals surface area contributed by atoms with Crippen LogP contribution in [0.4, 0.5) is 0 Å². The van der Waals surface area contributed by atoms with Crippen molar-refractivity contribution >= 4 is 22.8 Å². The van der Waals surface area contributed by atoms with Gasteiger partial charge in [-0.15, -0.1) is 0 Å². The summed E-state index contributed by atoms with van der Waals surface area (Å²) in [6.45, 7) is 3.71. The Morgan fingerprint density at radius 1 is 1.35 bits per heavy atom. The molecule has 0 aliphatic heterocycles. The number of hydrogen-bond donors (Lipinski definition) is 2. The number of carbonyl (C=O) groups is 2. The fourth-order valence-corrected chi connectivity index (χ4v) is 2.86. The average molecular weight is 361 g/mol. The van der Waals surface area contributed by atoms with Gasteiger partial charge in [0, 0.05) is 17.0 Å². The first-order valence-electron chi connectivity index (χ1n) is 8.49. The topological polar surface area (TPSA) is 106 Å². The monoisotopic (exact) mass is 361 g/mol. The number of aliphatic carboxylic acids is 1. The molecule has 0 bridgehead atoms. The van der Waals surface area contributed by atoms with Gasteiger partial charge in [-0.3, -0.25) is 4.79 Å². The molecule has 0 saturated carbocycles. The number of fused-ring (bicyclic) bond motifs is 1. The second kappa shape index (κ2) is 8.51. The number of carbonyl (C=O) groups excluding carboxylic acids is 1. The van der Waals surface area contributed by atoms with Gasteiger partial charge in [-0.25, -0.2) is 9.59 Å². The lowest BCUT2D eigenvalue weighted by atomic mass is 10.0. The van der Waals surface area contributed by atoms with Gasteiger partial charge in [0.25, 0.3) is 0 Å². The van der Waals surface area contributed by atoms with E-state index >= 15 is 0 Å². The third-order valence-corrected chi connectivity index (χ3v) is 4.25. The molecule has 0 aliphatic rings. The second-order valence-corrected chi connectivity index (χ2v) is 6.14. The van der Waals surface area contributed by atoms with E-state index in [1.807, 2.05) is 6.92 Å². The highest BCUT2D eigenvalue weighted by Gasteiger charge is 2.20. The first-order valence-corrected chi connectivity index (χ1v) is 8.49. The molecule has 7 heteroatoms. The Bertz CT molecular complexity index is 870. The minimum atomic E-state index is -1.06. The molecule has 1 atom stereocenters. The van der Waals surface area contributed by atoms with E-state index < -0.39 is 23.5 Å². The minimum Gasteiger partial charge on any atom is -0.496 e. The molecular weight excluding hydrogens is 338 g/mol. The number of methoxy groups -OCH3 is 1. The number of amides is 1. The van der Waals surface area contributed by atoms with Crippen LogP contribution in [0.1, 0.15) is 37.3 Å². The average Bonchev–Trinajstić information content (AvgIpc) is 2.59. The summed E-state index contributed by atoms with van der Waals surface area (Å²) < 4.78 is 10.5. The van der Waals surface area contributed by atoms with E-state index in [1.165, 1.54) is 13.2 Å². The SMILES string of the molecule is CCCC[C@H](NC(=O)Cc1cc(=O)oc2c(C)c(OC)ccc12)C(=O)O. The van der Waals surface area contributed by atoms with Crippen LogP contribution in [-0.2, 0) is 16.0 Å². The molecule has 1 amide bonds. The molecule has 2 rings (SSSR count). The highest BCUT2D eigenvalue weighted by atomic mass is 16.5. The lowest BCUT2D eigenvalue weighted by Gasteiger charge is -2.15. The van der Waals surface area contributed by atoms with Crippen LogP contribution in [0.15, 0.2) is 27.4 Å². The Kier molecular flexibility index (Phi) is 6.38. The van der Waals surface area contributed by atoms with Gasteiger partial charge in [0.15, 0.2) is 0 Å². The lowest BCUT2D eigenvalue weighted by Crippen LogP contribution is -2.41. The largest absolute Gasteiger partial charge is 0.496 e. The van der Waals surface area contributed by atoms with Gasteiger partial charge in [-0.2, -0.15) is 0 Å². The van der Waals surface area contributed by atoms with E-state index in [2.05, 4.69) is 5.32 Å². The van der Waals surface area contributed by atoms with Crippen LogP contribution >= 0.6 is 0 Å². The first-order chi connectivity index (χ1) is 12.4. The highest BCUT2D eigenvalue weighted by molar-refractivity contribution is 5.91. The molecule has 0 radical (unpaired) electrons. The van der Waals surface area contributed by atoms with Crippen molar-refractivity contribution in [2.24, 2.45) is 0 Å². The number of carboxylic acids is 1. The molecule has 0 spiro atoms. The predicted octanol–water partition coefficient (Wildman–Crippen LogP) is 2.41. The zero-order valence-corrected chi connectivity index (χ0v) is 15.1. The number of benzene rings is 1. The van der Waals surface area contributed by atoms with Crippen LogP contribution in [0.25, 0.3) is 11.0 Å². The Labute approximate surface area is 151 Å². The summed E-state index contributed by atoms with van der Waals surface area (Å²) in [7, 11) is 1.52. The molecule has 7 nitrogen and oxygen atoms in total. The van der Waals surface area contributed by atoms with E-state index in [1.54, 1.807) is 19.1 Å². The maximum absolute atomic E-state index is 12.3. The van der Waals surface area contributed by atoms with Crippen LogP contribution in [-0.4, -0.2) is 30.1 Å². The summed E-state index contributed by atoms with van der Waals surface area (Å²) in [5.41, 5.74) is 0.938. The fourth-order valence-electron chi connectivity index (χ4n) is 2.86. The van der Waals surface area contributed by atoms with Gasteiger partial charge in [0.2, 0.25) is 5.91 Å². The van der Waals surface area contributed by atoms with Gasteiger partial charge < -0.3 is 19.6 Å². The molecule has 1 heterocycles. The number of rotatable bonds is 8. The third-order valence-electron chi connectivity index (χ3n) is 4.25. The standard InChI is InChI=1S/C19H23NO6/c1-4-5-6-14(19(23)24)20-16(21)9-12-10-17(22)26-18-11(2)15(25-3)8-7-13(12)18/h7-8,10,14H,4-6,9H2,1-3H3,(H,20,21)(H,23,24)/t14-/m0/s1. The predicted molar refractivity (Wildman–Crippen MR) is 96.6 cm³/mol. The zero-order chi connectivity index (χ0) is 19.3. The molecule has 26 heavy (non-hydrogen) atoms. The quantitative estimate of drug-likeness (QED) is 0.700.